The molecule has 3 atom stereocenters. The SMILES string of the molecule is Cc1cc(F)c2c(c1)OC[C@H](NC(=O)C1=NC3[C@@H](c4ccccc4)OCCN3N1)C(=O)N2. The Hall–Kier alpha value is -3.50. The first kappa shape index (κ1) is 20.4. The van der Waals surface area contributed by atoms with Gasteiger partial charge in [0.05, 0.1) is 6.61 Å². The van der Waals surface area contributed by atoms with Crippen LogP contribution in [0.5, 0.6) is 5.75 Å². The van der Waals surface area contributed by atoms with Crippen molar-refractivity contribution < 1.29 is 23.5 Å². The number of morpholine rings is 1. The maximum Gasteiger partial charge on any atom is 0.288 e. The van der Waals surface area contributed by atoms with Crippen molar-refractivity contribution in [3.8, 4) is 5.75 Å². The Balaban J connectivity index is 1.30. The van der Waals surface area contributed by atoms with E-state index < -0.39 is 29.8 Å². The van der Waals surface area contributed by atoms with Crippen molar-refractivity contribution >= 4 is 23.3 Å². The standard InChI is InChI=1S/C22H22FN5O4/c1-12-9-14(23)17-16(10-12)32-11-15(21(29)25-17)24-22(30)19-26-20-18(13-5-3-2-4-6-13)31-8-7-28(20)27-19/h2-6,9-10,15,18,20H,7-8,11H2,1H3,(H,24,30)(H,25,29)(H,26,27)/t15-,18+,20?/m0/s1. The number of nitrogens with one attached hydrogen (secondary N) is 3. The summed E-state index contributed by atoms with van der Waals surface area (Å²) in [6, 6.07) is 11.6. The number of fused-ring (bicyclic) bond motifs is 2. The summed E-state index contributed by atoms with van der Waals surface area (Å²) in [4.78, 5) is 30.0. The lowest BCUT2D eigenvalue weighted by Gasteiger charge is -2.34. The van der Waals surface area contributed by atoms with Gasteiger partial charge in [-0.2, -0.15) is 5.01 Å². The molecule has 1 saturated heterocycles. The molecule has 3 aliphatic rings. The summed E-state index contributed by atoms with van der Waals surface area (Å²) in [5.74, 6) is -1.41. The first-order valence-corrected chi connectivity index (χ1v) is 10.3. The predicted molar refractivity (Wildman–Crippen MR) is 113 cm³/mol. The highest BCUT2D eigenvalue weighted by Crippen LogP contribution is 2.32. The number of carbonyl (C=O) groups is 2. The molecule has 0 aliphatic carbocycles. The molecule has 3 heterocycles. The van der Waals surface area contributed by atoms with Crippen LogP contribution in [0.1, 0.15) is 17.2 Å². The third kappa shape index (κ3) is 3.78. The lowest BCUT2D eigenvalue weighted by molar-refractivity contribution is -0.123. The fraction of sp³-hybridized carbons (Fsp3) is 0.318. The zero-order chi connectivity index (χ0) is 22.2. The van der Waals surface area contributed by atoms with Gasteiger partial charge in [-0.15, -0.1) is 0 Å². The Morgan fingerprint density at radius 1 is 1.28 bits per heavy atom. The van der Waals surface area contributed by atoms with E-state index in [0.717, 1.165) is 5.56 Å². The van der Waals surface area contributed by atoms with Crippen molar-refractivity contribution in [1.82, 2.24) is 15.8 Å². The minimum absolute atomic E-state index is 0.0336. The maximum absolute atomic E-state index is 14.2. The minimum Gasteiger partial charge on any atom is -0.489 e. The van der Waals surface area contributed by atoms with Crippen molar-refractivity contribution in [3.05, 3.63) is 59.4 Å². The smallest absolute Gasteiger partial charge is 0.288 e. The van der Waals surface area contributed by atoms with Crippen molar-refractivity contribution in [1.29, 1.82) is 0 Å². The number of halogens is 1. The molecule has 0 aromatic heterocycles. The monoisotopic (exact) mass is 439 g/mol. The van der Waals surface area contributed by atoms with E-state index in [1.165, 1.54) is 6.07 Å². The second-order valence-corrected chi connectivity index (χ2v) is 7.84. The van der Waals surface area contributed by atoms with Crippen LogP contribution in [-0.4, -0.2) is 54.6 Å². The zero-order valence-electron chi connectivity index (χ0n) is 17.3. The largest absolute Gasteiger partial charge is 0.489 e. The number of amides is 2. The van der Waals surface area contributed by atoms with Crippen LogP contribution in [0.2, 0.25) is 0 Å². The number of nitrogens with zero attached hydrogens (tertiary/aromatic N) is 2. The average Bonchev–Trinajstić information content (AvgIpc) is 3.17. The molecule has 0 spiro atoms. The number of hydrogen-bond acceptors (Lipinski definition) is 7. The van der Waals surface area contributed by atoms with Gasteiger partial charge < -0.3 is 20.1 Å². The van der Waals surface area contributed by atoms with Gasteiger partial charge >= 0.3 is 0 Å². The molecule has 3 N–H and O–H groups in total. The number of hydrazine groups is 1. The van der Waals surface area contributed by atoms with Gasteiger partial charge in [0.15, 0.2) is 12.0 Å². The van der Waals surface area contributed by atoms with E-state index in [1.54, 1.807) is 13.0 Å². The summed E-state index contributed by atoms with van der Waals surface area (Å²) >= 11 is 0. The average molecular weight is 439 g/mol. The van der Waals surface area contributed by atoms with E-state index in [2.05, 4.69) is 21.1 Å². The molecule has 9 nitrogen and oxygen atoms in total. The number of benzene rings is 2. The van der Waals surface area contributed by atoms with Gasteiger partial charge in [-0.05, 0) is 30.2 Å². The Morgan fingerprint density at radius 2 is 2.09 bits per heavy atom. The van der Waals surface area contributed by atoms with Crippen LogP contribution in [-0.2, 0) is 14.3 Å². The first-order valence-electron chi connectivity index (χ1n) is 10.3. The fourth-order valence-electron chi connectivity index (χ4n) is 3.98. The number of ether oxygens (including phenoxy) is 2. The highest BCUT2D eigenvalue weighted by molar-refractivity contribution is 6.38. The minimum atomic E-state index is -1.02. The van der Waals surface area contributed by atoms with E-state index in [0.29, 0.717) is 18.7 Å². The second kappa shape index (κ2) is 8.21. The van der Waals surface area contributed by atoms with Crippen LogP contribution < -0.4 is 20.8 Å². The molecule has 0 radical (unpaired) electrons. The normalized spacial score (nSPS) is 24.8. The highest BCUT2D eigenvalue weighted by atomic mass is 19.1. The Labute approximate surface area is 183 Å². The van der Waals surface area contributed by atoms with Crippen molar-refractivity contribution in [3.63, 3.8) is 0 Å². The van der Waals surface area contributed by atoms with Crippen LogP contribution in [0.15, 0.2) is 47.5 Å². The quantitative estimate of drug-likeness (QED) is 0.666. The lowest BCUT2D eigenvalue weighted by atomic mass is 10.1. The summed E-state index contributed by atoms with van der Waals surface area (Å²) in [7, 11) is 0. The van der Waals surface area contributed by atoms with E-state index >= 15 is 0 Å². The molecule has 0 saturated carbocycles. The van der Waals surface area contributed by atoms with Crippen LogP contribution in [0.25, 0.3) is 0 Å². The van der Waals surface area contributed by atoms with Crippen LogP contribution >= 0.6 is 0 Å². The molecule has 5 rings (SSSR count). The fourth-order valence-corrected chi connectivity index (χ4v) is 3.98. The third-order valence-electron chi connectivity index (χ3n) is 5.55. The van der Waals surface area contributed by atoms with Gasteiger partial charge in [0, 0.05) is 6.54 Å². The van der Waals surface area contributed by atoms with Crippen molar-refractivity contribution in [2.45, 2.75) is 25.2 Å². The number of hydrogen-bond donors (Lipinski definition) is 3. The van der Waals surface area contributed by atoms with Crippen LogP contribution in [0.3, 0.4) is 0 Å². The van der Waals surface area contributed by atoms with Gasteiger partial charge in [0.25, 0.3) is 11.8 Å². The van der Waals surface area contributed by atoms with Gasteiger partial charge in [0.1, 0.15) is 30.2 Å². The number of aryl methyl sites for hydroxylation is 1. The summed E-state index contributed by atoms with van der Waals surface area (Å²) in [6.45, 7) is 2.62. The van der Waals surface area contributed by atoms with Crippen LogP contribution in [0.4, 0.5) is 10.1 Å². The summed E-state index contributed by atoms with van der Waals surface area (Å²) in [5, 5.41) is 6.96. The lowest BCUT2D eigenvalue weighted by Crippen LogP contribution is -2.54. The number of aliphatic imine (C=N–C) groups is 1. The van der Waals surface area contributed by atoms with Crippen molar-refractivity contribution in [2.75, 3.05) is 25.1 Å². The Bertz CT molecular complexity index is 1090. The molecule has 10 heteroatoms. The van der Waals surface area contributed by atoms with Gasteiger partial charge in [-0.1, -0.05) is 30.3 Å². The number of amidine groups is 1. The maximum atomic E-state index is 14.2. The Morgan fingerprint density at radius 3 is 2.91 bits per heavy atom. The number of rotatable bonds is 3. The van der Waals surface area contributed by atoms with Crippen molar-refractivity contribution in [2.24, 2.45) is 4.99 Å². The summed E-state index contributed by atoms with van der Waals surface area (Å²) in [5.41, 5.74) is 4.59. The molecule has 32 heavy (non-hydrogen) atoms. The predicted octanol–water partition coefficient (Wildman–Crippen LogP) is 1.27. The highest BCUT2D eigenvalue weighted by Gasteiger charge is 2.40. The molecule has 2 aromatic carbocycles. The van der Waals surface area contributed by atoms with E-state index in [1.807, 2.05) is 35.3 Å². The molecular formula is C22H22FN5O4. The van der Waals surface area contributed by atoms with Gasteiger partial charge in [-0.3, -0.25) is 15.0 Å². The van der Waals surface area contributed by atoms with E-state index in [-0.39, 0.29) is 30.0 Å². The summed E-state index contributed by atoms with van der Waals surface area (Å²) in [6.07, 6.45) is -0.736. The van der Waals surface area contributed by atoms with E-state index in [9.17, 15) is 14.0 Å². The molecule has 166 valence electrons. The van der Waals surface area contributed by atoms with Gasteiger partial charge in [-0.25, -0.2) is 9.38 Å². The molecule has 2 aromatic rings. The second-order valence-electron chi connectivity index (χ2n) is 7.84. The number of anilines is 1. The first-order chi connectivity index (χ1) is 15.5. The third-order valence-corrected chi connectivity index (χ3v) is 5.55. The molecule has 1 fully saturated rings. The summed E-state index contributed by atoms with van der Waals surface area (Å²) < 4.78 is 25.7. The number of carbonyl (C=O) groups excluding carboxylic acids is 2. The molecule has 1 unspecified atom stereocenters. The topological polar surface area (TPSA) is 104 Å². The van der Waals surface area contributed by atoms with Crippen LogP contribution in [0, 0.1) is 12.7 Å². The molecule has 3 aliphatic heterocycles. The molecular weight excluding hydrogens is 417 g/mol. The molecule has 0 bridgehead atoms. The van der Waals surface area contributed by atoms with E-state index in [4.69, 9.17) is 9.47 Å². The molecule has 2 amide bonds. The van der Waals surface area contributed by atoms with Gasteiger partial charge in [0.2, 0.25) is 5.84 Å². The Kier molecular flexibility index (Phi) is 5.24. The zero-order valence-corrected chi connectivity index (χ0v) is 17.3.